The van der Waals surface area contributed by atoms with Gasteiger partial charge in [-0.1, -0.05) is 36.4 Å². The summed E-state index contributed by atoms with van der Waals surface area (Å²) in [5.41, 5.74) is 2.03. The summed E-state index contributed by atoms with van der Waals surface area (Å²) >= 11 is 0. The van der Waals surface area contributed by atoms with Gasteiger partial charge in [0.15, 0.2) is 0 Å². The third-order valence-electron chi connectivity index (χ3n) is 5.74. The Morgan fingerprint density at radius 2 is 1.79 bits per heavy atom. The third kappa shape index (κ3) is 5.84. The highest BCUT2D eigenvalue weighted by molar-refractivity contribution is 6.05. The minimum atomic E-state index is -0.693. The molecule has 192 valence electrons. The number of non-ortho nitro benzene ring substituents is 1. The molecule has 1 aliphatic rings. The molecular weight excluding hydrogens is 486 g/mol. The normalized spacial score (nSPS) is 14.8. The van der Waals surface area contributed by atoms with Gasteiger partial charge < -0.3 is 4.74 Å². The smallest absolute Gasteiger partial charge is 0.412 e. The van der Waals surface area contributed by atoms with Crippen molar-refractivity contribution in [2.45, 2.75) is 38.8 Å². The summed E-state index contributed by atoms with van der Waals surface area (Å²) in [7, 11) is 0. The number of nitro benzene ring substituents is 1. The molecule has 0 bridgehead atoms. The zero-order valence-electron chi connectivity index (χ0n) is 21.0. The van der Waals surface area contributed by atoms with Gasteiger partial charge in [0.05, 0.1) is 27.9 Å². The van der Waals surface area contributed by atoms with Crippen molar-refractivity contribution in [2.24, 2.45) is 5.10 Å². The van der Waals surface area contributed by atoms with Crippen LogP contribution in [-0.2, 0) is 4.74 Å². The topological polar surface area (TPSA) is 138 Å². The fourth-order valence-electron chi connectivity index (χ4n) is 4.00. The molecule has 1 unspecified atom stereocenters. The first-order chi connectivity index (χ1) is 18.1. The van der Waals surface area contributed by atoms with E-state index in [0.29, 0.717) is 23.4 Å². The van der Waals surface area contributed by atoms with Crippen molar-refractivity contribution in [3.8, 4) is 6.07 Å². The lowest BCUT2D eigenvalue weighted by Gasteiger charge is -2.22. The molecule has 10 nitrogen and oxygen atoms in total. The number of nitriles is 1. The molecule has 1 N–H and O–H groups in total. The van der Waals surface area contributed by atoms with Crippen LogP contribution in [-0.4, -0.2) is 33.2 Å². The summed E-state index contributed by atoms with van der Waals surface area (Å²) < 4.78 is 5.27. The molecular formula is C28H25N5O5. The molecule has 3 aromatic rings. The molecule has 1 heterocycles. The van der Waals surface area contributed by atoms with E-state index in [1.54, 1.807) is 39.0 Å². The number of rotatable bonds is 5. The zero-order valence-corrected chi connectivity index (χ0v) is 21.0. The maximum Gasteiger partial charge on any atom is 0.412 e. The van der Waals surface area contributed by atoms with Crippen LogP contribution in [0.4, 0.5) is 16.2 Å². The van der Waals surface area contributed by atoms with E-state index in [-0.39, 0.29) is 16.8 Å². The first-order valence-corrected chi connectivity index (χ1v) is 11.8. The van der Waals surface area contributed by atoms with E-state index in [1.165, 1.54) is 29.3 Å². The second-order valence-corrected chi connectivity index (χ2v) is 9.63. The van der Waals surface area contributed by atoms with Crippen LogP contribution in [0.1, 0.15) is 60.3 Å². The number of amides is 2. The Kier molecular flexibility index (Phi) is 7.21. The first-order valence-electron chi connectivity index (χ1n) is 11.8. The Bertz CT molecular complexity index is 1450. The van der Waals surface area contributed by atoms with E-state index in [4.69, 9.17) is 4.74 Å². The predicted octanol–water partition coefficient (Wildman–Crippen LogP) is 5.80. The number of carbonyl (C=O) groups excluding carboxylic acids is 2. The minimum absolute atomic E-state index is 0.115. The van der Waals surface area contributed by atoms with Gasteiger partial charge in [0.2, 0.25) is 0 Å². The lowest BCUT2D eigenvalue weighted by atomic mass is 9.97. The van der Waals surface area contributed by atoms with Crippen molar-refractivity contribution in [3.63, 3.8) is 0 Å². The van der Waals surface area contributed by atoms with Crippen LogP contribution in [0.3, 0.4) is 0 Å². The van der Waals surface area contributed by atoms with Gasteiger partial charge in [-0.2, -0.15) is 10.4 Å². The number of hydrazone groups is 1. The molecule has 0 aromatic heterocycles. The van der Waals surface area contributed by atoms with Crippen molar-refractivity contribution < 1.29 is 19.2 Å². The first kappa shape index (κ1) is 26.0. The highest BCUT2D eigenvalue weighted by atomic mass is 16.6. The quantitative estimate of drug-likeness (QED) is 0.339. The second-order valence-electron chi connectivity index (χ2n) is 9.63. The molecule has 0 saturated heterocycles. The monoisotopic (exact) mass is 511 g/mol. The van der Waals surface area contributed by atoms with Crippen LogP contribution in [0, 0.1) is 21.4 Å². The fraction of sp³-hybridized carbons (Fsp3) is 0.214. The Labute approximate surface area is 219 Å². The number of anilines is 1. The number of nitro groups is 1. The number of nitrogens with zero attached hydrogens (tertiary/aromatic N) is 4. The molecule has 3 aromatic carbocycles. The van der Waals surface area contributed by atoms with Gasteiger partial charge in [0.1, 0.15) is 11.7 Å². The molecule has 0 fully saturated rings. The number of hydrogen-bond donors (Lipinski definition) is 1. The van der Waals surface area contributed by atoms with E-state index in [2.05, 4.69) is 16.5 Å². The van der Waals surface area contributed by atoms with Gasteiger partial charge in [-0.15, -0.1) is 0 Å². The van der Waals surface area contributed by atoms with E-state index in [0.717, 1.165) is 5.56 Å². The van der Waals surface area contributed by atoms with Crippen molar-refractivity contribution >= 4 is 29.1 Å². The van der Waals surface area contributed by atoms with Crippen LogP contribution in [0.25, 0.3) is 0 Å². The van der Waals surface area contributed by atoms with Crippen molar-refractivity contribution in [2.75, 3.05) is 5.32 Å². The number of hydrogen-bond acceptors (Lipinski definition) is 7. The van der Waals surface area contributed by atoms with Gasteiger partial charge in [0.25, 0.3) is 11.6 Å². The summed E-state index contributed by atoms with van der Waals surface area (Å²) in [6.45, 7) is 5.23. The summed E-state index contributed by atoms with van der Waals surface area (Å²) in [4.78, 5) is 36.1. The summed E-state index contributed by atoms with van der Waals surface area (Å²) in [5.74, 6) is -0.410. The number of nitrogens with one attached hydrogen (secondary N) is 1. The van der Waals surface area contributed by atoms with Gasteiger partial charge in [-0.3, -0.25) is 20.2 Å². The Hall–Kier alpha value is -5.04. The fourth-order valence-corrected chi connectivity index (χ4v) is 4.00. The summed E-state index contributed by atoms with van der Waals surface area (Å²) in [6.07, 6.45) is -0.295. The van der Waals surface area contributed by atoms with Crippen LogP contribution < -0.4 is 5.32 Å². The number of ether oxygens (including phenoxy) is 1. The molecule has 0 radical (unpaired) electrons. The highest BCUT2D eigenvalue weighted by Gasteiger charge is 2.34. The minimum Gasteiger partial charge on any atom is -0.444 e. The van der Waals surface area contributed by atoms with Crippen LogP contribution in [0.5, 0.6) is 0 Å². The predicted molar refractivity (Wildman–Crippen MR) is 141 cm³/mol. The van der Waals surface area contributed by atoms with E-state index >= 15 is 0 Å². The second kappa shape index (κ2) is 10.5. The largest absolute Gasteiger partial charge is 0.444 e. The molecule has 0 spiro atoms. The summed E-state index contributed by atoms with van der Waals surface area (Å²) in [6, 6.07) is 21.4. The SMILES string of the molecule is CC(C)(C)OC(=O)Nc1ccc(C2=NN(C(=O)c3ccc([N+](=O)[O-])cc3)C(c3ccccc3)C2)cc1C#N. The average Bonchev–Trinajstić information content (AvgIpc) is 3.33. The standard InChI is InChI=1S/C28H25N5O5/c1-28(2,3)38-27(35)30-23-14-11-20(15-21(23)17-29)24-16-25(18-7-5-4-6-8-18)32(31-24)26(34)19-9-12-22(13-10-19)33(36)37/h4-15,25H,16H2,1-3H3,(H,30,35). The van der Waals surface area contributed by atoms with E-state index in [9.17, 15) is 25.0 Å². The molecule has 0 saturated carbocycles. The number of carbonyl (C=O) groups is 2. The zero-order chi connectivity index (χ0) is 27.4. The van der Waals surface area contributed by atoms with Gasteiger partial charge >= 0.3 is 6.09 Å². The highest BCUT2D eigenvalue weighted by Crippen LogP contribution is 2.34. The lowest BCUT2D eigenvalue weighted by molar-refractivity contribution is -0.384. The maximum atomic E-state index is 13.4. The maximum absolute atomic E-state index is 13.4. The lowest BCUT2D eigenvalue weighted by Crippen LogP contribution is -2.27. The Morgan fingerprint density at radius 1 is 1.11 bits per heavy atom. The van der Waals surface area contributed by atoms with Crippen molar-refractivity contribution in [3.05, 3.63) is 105 Å². The van der Waals surface area contributed by atoms with E-state index < -0.39 is 28.6 Å². The molecule has 2 amide bonds. The molecule has 4 rings (SSSR count). The van der Waals surface area contributed by atoms with Crippen LogP contribution in [0.15, 0.2) is 77.9 Å². The van der Waals surface area contributed by atoms with E-state index in [1.807, 2.05) is 30.3 Å². The average molecular weight is 512 g/mol. The van der Waals surface area contributed by atoms with Crippen LogP contribution >= 0.6 is 0 Å². The van der Waals surface area contributed by atoms with Gasteiger partial charge in [-0.05, 0) is 56.2 Å². The third-order valence-corrected chi connectivity index (χ3v) is 5.74. The van der Waals surface area contributed by atoms with Crippen molar-refractivity contribution in [1.29, 1.82) is 5.26 Å². The molecule has 10 heteroatoms. The van der Waals surface area contributed by atoms with Crippen molar-refractivity contribution in [1.82, 2.24) is 5.01 Å². The van der Waals surface area contributed by atoms with Crippen LogP contribution in [0.2, 0.25) is 0 Å². The molecule has 38 heavy (non-hydrogen) atoms. The molecule has 0 aliphatic carbocycles. The van der Waals surface area contributed by atoms with Gasteiger partial charge in [0, 0.05) is 24.1 Å². The van der Waals surface area contributed by atoms with Gasteiger partial charge in [-0.25, -0.2) is 9.80 Å². The Morgan fingerprint density at radius 3 is 2.39 bits per heavy atom. The summed E-state index contributed by atoms with van der Waals surface area (Å²) in [5, 5.41) is 29.3. The number of benzene rings is 3. The molecule has 1 aliphatic heterocycles. The molecule has 1 atom stereocenters. The Balaban J connectivity index is 1.65.